The topological polar surface area (TPSA) is 62.4 Å². The van der Waals surface area contributed by atoms with Crippen LogP contribution < -0.4 is 10.3 Å². The van der Waals surface area contributed by atoms with E-state index in [1.54, 1.807) is 38.4 Å². The summed E-state index contributed by atoms with van der Waals surface area (Å²) in [5.74, 6) is 0.459. The molecule has 1 heterocycles. The number of rotatable bonds is 4. The lowest BCUT2D eigenvalue weighted by Crippen LogP contribution is -2.29. The van der Waals surface area contributed by atoms with Crippen molar-refractivity contribution in [1.82, 2.24) is 9.88 Å². The number of hydrogen-bond acceptors (Lipinski definition) is 3. The van der Waals surface area contributed by atoms with Crippen molar-refractivity contribution >= 4 is 16.8 Å². The van der Waals surface area contributed by atoms with Gasteiger partial charge in [-0.2, -0.15) is 0 Å². The number of carbonyl (C=O) groups excluding carboxylic acids is 1. The van der Waals surface area contributed by atoms with Gasteiger partial charge in [0.05, 0.1) is 13.7 Å². The van der Waals surface area contributed by atoms with Gasteiger partial charge in [-0.25, -0.2) is 0 Å². The standard InChI is InChI=1S/C20H20N2O3/c1-13-7-8-18-15(9-13)10-16(19(23)21-18)12-22(2)20(24)14-5-4-6-17(11-14)25-3/h4-11H,12H2,1-3H3,(H,21,23). The average Bonchev–Trinajstić information content (AvgIpc) is 2.62. The van der Waals surface area contributed by atoms with E-state index in [1.165, 1.54) is 4.90 Å². The van der Waals surface area contributed by atoms with E-state index in [9.17, 15) is 9.59 Å². The maximum absolute atomic E-state index is 12.6. The van der Waals surface area contributed by atoms with Crippen LogP contribution in [0, 0.1) is 6.92 Å². The second kappa shape index (κ2) is 6.81. The molecule has 0 fully saturated rings. The van der Waals surface area contributed by atoms with Crippen LogP contribution in [0.3, 0.4) is 0 Å². The Morgan fingerprint density at radius 3 is 2.72 bits per heavy atom. The van der Waals surface area contributed by atoms with E-state index < -0.39 is 0 Å². The van der Waals surface area contributed by atoms with Gasteiger partial charge < -0.3 is 14.6 Å². The highest BCUT2D eigenvalue weighted by molar-refractivity contribution is 5.94. The van der Waals surface area contributed by atoms with E-state index in [0.717, 1.165) is 16.5 Å². The van der Waals surface area contributed by atoms with Crippen LogP contribution in [0.5, 0.6) is 5.75 Å². The molecule has 0 saturated carbocycles. The fourth-order valence-corrected chi connectivity index (χ4v) is 2.79. The molecule has 1 amide bonds. The number of carbonyl (C=O) groups is 1. The van der Waals surface area contributed by atoms with Gasteiger partial charge in [0.25, 0.3) is 11.5 Å². The van der Waals surface area contributed by atoms with E-state index in [4.69, 9.17) is 4.74 Å². The summed E-state index contributed by atoms with van der Waals surface area (Å²) in [7, 11) is 3.24. The summed E-state index contributed by atoms with van der Waals surface area (Å²) in [4.78, 5) is 29.3. The monoisotopic (exact) mass is 336 g/mol. The molecule has 0 atom stereocenters. The third kappa shape index (κ3) is 3.55. The van der Waals surface area contributed by atoms with Gasteiger partial charge in [0.2, 0.25) is 0 Å². The van der Waals surface area contributed by atoms with Crippen LogP contribution >= 0.6 is 0 Å². The number of aryl methyl sites for hydroxylation is 1. The first kappa shape index (κ1) is 16.8. The van der Waals surface area contributed by atoms with E-state index in [1.807, 2.05) is 31.2 Å². The maximum atomic E-state index is 12.6. The highest BCUT2D eigenvalue weighted by Gasteiger charge is 2.14. The maximum Gasteiger partial charge on any atom is 0.254 e. The number of fused-ring (bicyclic) bond motifs is 1. The van der Waals surface area contributed by atoms with Crippen molar-refractivity contribution in [2.45, 2.75) is 13.5 Å². The van der Waals surface area contributed by atoms with Gasteiger partial charge in [0.15, 0.2) is 0 Å². The number of benzene rings is 2. The number of aromatic nitrogens is 1. The zero-order valence-corrected chi connectivity index (χ0v) is 14.5. The van der Waals surface area contributed by atoms with E-state index >= 15 is 0 Å². The molecule has 5 nitrogen and oxygen atoms in total. The molecule has 0 saturated heterocycles. The smallest absolute Gasteiger partial charge is 0.254 e. The highest BCUT2D eigenvalue weighted by Crippen LogP contribution is 2.16. The van der Waals surface area contributed by atoms with Gasteiger partial charge in [-0.1, -0.05) is 17.7 Å². The number of amides is 1. The summed E-state index contributed by atoms with van der Waals surface area (Å²) in [6.45, 7) is 2.23. The van der Waals surface area contributed by atoms with Crippen molar-refractivity contribution in [3.63, 3.8) is 0 Å². The van der Waals surface area contributed by atoms with Gasteiger partial charge in [0.1, 0.15) is 5.75 Å². The highest BCUT2D eigenvalue weighted by atomic mass is 16.5. The van der Waals surface area contributed by atoms with Crippen LogP contribution in [-0.4, -0.2) is 29.9 Å². The first-order chi connectivity index (χ1) is 12.0. The first-order valence-corrected chi connectivity index (χ1v) is 8.00. The number of ether oxygens (including phenoxy) is 1. The van der Waals surface area contributed by atoms with Gasteiger partial charge in [-0.3, -0.25) is 9.59 Å². The number of pyridine rings is 1. The molecule has 25 heavy (non-hydrogen) atoms. The minimum Gasteiger partial charge on any atom is -0.497 e. The van der Waals surface area contributed by atoms with Crippen LogP contribution in [0.1, 0.15) is 21.5 Å². The van der Waals surface area contributed by atoms with E-state index in [-0.39, 0.29) is 18.0 Å². The van der Waals surface area contributed by atoms with Crippen LogP contribution in [0.15, 0.2) is 53.3 Å². The lowest BCUT2D eigenvalue weighted by molar-refractivity contribution is 0.0784. The first-order valence-electron chi connectivity index (χ1n) is 8.00. The third-order valence-electron chi connectivity index (χ3n) is 4.15. The number of nitrogens with zero attached hydrogens (tertiary/aromatic N) is 1. The number of H-pyrrole nitrogens is 1. The molecule has 0 radical (unpaired) electrons. The molecule has 1 aromatic heterocycles. The van der Waals surface area contributed by atoms with Crippen molar-refractivity contribution in [2.75, 3.05) is 14.2 Å². The zero-order chi connectivity index (χ0) is 18.0. The largest absolute Gasteiger partial charge is 0.497 e. The predicted molar refractivity (Wildman–Crippen MR) is 98.1 cm³/mol. The molecule has 3 aromatic rings. The molecule has 128 valence electrons. The van der Waals surface area contributed by atoms with Crippen molar-refractivity contribution in [3.05, 3.63) is 75.6 Å². The fraction of sp³-hybridized carbons (Fsp3) is 0.200. The number of methoxy groups -OCH3 is 1. The Morgan fingerprint density at radius 2 is 1.96 bits per heavy atom. The summed E-state index contributed by atoms with van der Waals surface area (Å²) < 4.78 is 5.16. The SMILES string of the molecule is COc1cccc(C(=O)N(C)Cc2cc3cc(C)ccc3[nH]c2=O)c1. The number of hydrogen-bond donors (Lipinski definition) is 1. The molecule has 3 rings (SSSR count). The van der Waals surface area contributed by atoms with Crippen LogP contribution in [-0.2, 0) is 6.54 Å². The summed E-state index contributed by atoms with van der Waals surface area (Å²) in [5.41, 5.74) is 2.81. The van der Waals surface area contributed by atoms with Crippen molar-refractivity contribution in [1.29, 1.82) is 0 Å². The van der Waals surface area contributed by atoms with Crippen molar-refractivity contribution in [2.24, 2.45) is 0 Å². The lowest BCUT2D eigenvalue weighted by Gasteiger charge is -2.17. The molecule has 0 aliphatic carbocycles. The minimum atomic E-state index is -0.179. The van der Waals surface area contributed by atoms with Gasteiger partial charge in [0, 0.05) is 23.7 Å². The summed E-state index contributed by atoms with van der Waals surface area (Å²) in [6, 6.07) is 14.7. The summed E-state index contributed by atoms with van der Waals surface area (Å²) >= 11 is 0. The Bertz CT molecular complexity index is 992. The molecular weight excluding hydrogens is 316 g/mol. The van der Waals surface area contributed by atoms with Crippen LogP contribution in [0.4, 0.5) is 0 Å². The summed E-state index contributed by atoms with van der Waals surface area (Å²) in [6.07, 6.45) is 0. The molecule has 0 unspecified atom stereocenters. The van der Waals surface area contributed by atoms with Gasteiger partial charge >= 0.3 is 0 Å². The molecular formula is C20H20N2O3. The van der Waals surface area contributed by atoms with Crippen molar-refractivity contribution in [3.8, 4) is 5.75 Å². The Balaban J connectivity index is 1.88. The normalized spacial score (nSPS) is 10.7. The third-order valence-corrected chi connectivity index (χ3v) is 4.15. The second-order valence-corrected chi connectivity index (χ2v) is 6.11. The average molecular weight is 336 g/mol. The Kier molecular flexibility index (Phi) is 4.57. The molecule has 0 spiro atoms. The molecule has 5 heteroatoms. The fourth-order valence-electron chi connectivity index (χ4n) is 2.79. The number of aromatic amines is 1. The minimum absolute atomic E-state index is 0.164. The zero-order valence-electron chi connectivity index (χ0n) is 14.5. The van der Waals surface area contributed by atoms with Crippen molar-refractivity contribution < 1.29 is 9.53 Å². The molecule has 0 bridgehead atoms. The molecule has 2 aromatic carbocycles. The predicted octanol–water partition coefficient (Wildman–Crippen LogP) is 3.12. The second-order valence-electron chi connectivity index (χ2n) is 6.11. The Labute approximate surface area is 145 Å². The van der Waals surface area contributed by atoms with Gasteiger partial charge in [-0.15, -0.1) is 0 Å². The quantitative estimate of drug-likeness (QED) is 0.796. The summed E-state index contributed by atoms with van der Waals surface area (Å²) in [5, 5.41) is 0.955. The van der Waals surface area contributed by atoms with Gasteiger partial charge in [-0.05, 0) is 48.7 Å². The Morgan fingerprint density at radius 1 is 1.16 bits per heavy atom. The van der Waals surface area contributed by atoms with Crippen LogP contribution in [0.2, 0.25) is 0 Å². The lowest BCUT2D eigenvalue weighted by atomic mass is 10.1. The van der Waals surface area contributed by atoms with E-state index in [0.29, 0.717) is 16.9 Å². The number of nitrogens with one attached hydrogen (secondary N) is 1. The molecule has 1 N–H and O–H groups in total. The van der Waals surface area contributed by atoms with Crippen LogP contribution in [0.25, 0.3) is 10.9 Å². The molecule has 0 aliphatic rings. The van der Waals surface area contributed by atoms with E-state index in [2.05, 4.69) is 4.98 Å². The Hall–Kier alpha value is -3.08. The molecule has 0 aliphatic heterocycles.